The number of nitrogens with zero attached hydrogens (tertiary/aromatic N) is 1. The van der Waals surface area contributed by atoms with Gasteiger partial charge in [0.25, 0.3) is 0 Å². The number of hydrogen-bond acceptors (Lipinski definition) is 4. The molecule has 0 radical (unpaired) electrons. The van der Waals surface area contributed by atoms with Crippen LogP contribution in [0.1, 0.15) is 39.7 Å². The smallest absolute Gasteiger partial charge is 0.227 e. The Balaban J connectivity index is 1.86. The van der Waals surface area contributed by atoms with Crippen molar-refractivity contribution in [1.82, 2.24) is 4.90 Å². The third kappa shape index (κ3) is 5.35. The number of hydrogen-bond donors (Lipinski definition) is 0. The lowest BCUT2D eigenvalue weighted by Crippen LogP contribution is -2.31. The fraction of sp³-hybridized carbons (Fsp3) is 0.250. The van der Waals surface area contributed by atoms with E-state index in [0.29, 0.717) is 30.0 Å². The van der Waals surface area contributed by atoms with Gasteiger partial charge in [0.1, 0.15) is 11.5 Å². The summed E-state index contributed by atoms with van der Waals surface area (Å²) in [4.78, 5) is 26.7. The molecule has 5 heteroatoms. The van der Waals surface area contributed by atoms with Crippen LogP contribution in [0.15, 0.2) is 65.3 Å². The Morgan fingerprint density at radius 3 is 2.52 bits per heavy atom. The minimum atomic E-state index is -0.0677. The molecule has 3 rings (SSSR count). The van der Waals surface area contributed by atoms with Gasteiger partial charge in [-0.25, -0.2) is 0 Å². The highest BCUT2D eigenvalue weighted by Gasteiger charge is 2.19. The summed E-state index contributed by atoms with van der Waals surface area (Å²) in [6, 6.07) is 16.9. The molecule has 1 aromatic heterocycles. The van der Waals surface area contributed by atoms with E-state index in [4.69, 9.17) is 9.15 Å². The molecule has 0 saturated heterocycles. The van der Waals surface area contributed by atoms with Gasteiger partial charge in [0, 0.05) is 17.7 Å². The zero-order valence-electron chi connectivity index (χ0n) is 17.0. The van der Waals surface area contributed by atoms with Gasteiger partial charge in [-0.15, -0.1) is 0 Å². The quantitative estimate of drug-likeness (QED) is 0.528. The third-order valence-corrected chi connectivity index (χ3v) is 4.76. The molecule has 0 fully saturated rings. The number of aryl methyl sites for hydroxylation is 1. The topological polar surface area (TPSA) is 59.8 Å². The maximum Gasteiger partial charge on any atom is 0.227 e. The number of amides is 1. The summed E-state index contributed by atoms with van der Waals surface area (Å²) in [5, 5.41) is 0. The summed E-state index contributed by atoms with van der Waals surface area (Å²) in [6.45, 7) is 4.37. The molecule has 0 N–H and O–H groups in total. The molecule has 5 nitrogen and oxygen atoms in total. The molecule has 0 atom stereocenters. The highest BCUT2D eigenvalue weighted by atomic mass is 16.5. The summed E-state index contributed by atoms with van der Waals surface area (Å²) in [5.41, 5.74) is 3.45. The van der Waals surface area contributed by atoms with Crippen molar-refractivity contribution >= 4 is 11.7 Å². The zero-order chi connectivity index (χ0) is 20.8. The van der Waals surface area contributed by atoms with Crippen molar-refractivity contribution in [3.8, 4) is 5.75 Å². The van der Waals surface area contributed by atoms with Crippen molar-refractivity contribution in [2.45, 2.75) is 33.4 Å². The van der Waals surface area contributed by atoms with Gasteiger partial charge in [0.2, 0.25) is 5.91 Å². The largest absolute Gasteiger partial charge is 0.496 e. The molecule has 1 heterocycles. The number of ketones is 1. The van der Waals surface area contributed by atoms with E-state index in [-0.39, 0.29) is 18.1 Å². The Kier molecular flexibility index (Phi) is 6.50. The molecule has 150 valence electrons. The highest BCUT2D eigenvalue weighted by molar-refractivity contribution is 5.94. The Labute approximate surface area is 170 Å². The fourth-order valence-corrected chi connectivity index (χ4v) is 3.26. The van der Waals surface area contributed by atoms with Gasteiger partial charge in [-0.2, -0.15) is 0 Å². The van der Waals surface area contributed by atoms with E-state index in [1.165, 1.54) is 6.92 Å². The molecule has 3 aromatic rings. The first-order valence-electron chi connectivity index (χ1n) is 9.50. The lowest BCUT2D eigenvalue weighted by Gasteiger charge is -2.23. The fourth-order valence-electron chi connectivity index (χ4n) is 3.26. The van der Waals surface area contributed by atoms with Gasteiger partial charge in [0.15, 0.2) is 5.78 Å². The average molecular weight is 391 g/mol. The molecule has 0 aliphatic carbocycles. The van der Waals surface area contributed by atoms with Crippen LogP contribution in [0.5, 0.6) is 5.75 Å². The molecule has 0 saturated carbocycles. The van der Waals surface area contributed by atoms with Crippen LogP contribution in [0.3, 0.4) is 0 Å². The van der Waals surface area contributed by atoms with Crippen LogP contribution >= 0.6 is 0 Å². The number of furan rings is 1. The number of rotatable bonds is 8. The van der Waals surface area contributed by atoms with E-state index in [1.807, 2.05) is 37.3 Å². The standard InChI is InChI=1S/C24H25NO4/c1-17-6-4-7-19(12-17)15-25(16-22-8-5-11-29-22)24(27)14-21-13-20(18(2)26)9-10-23(21)28-3/h4-13H,14-16H2,1-3H3. The number of benzene rings is 2. The molecular weight excluding hydrogens is 366 g/mol. The van der Waals surface area contributed by atoms with Crippen LogP contribution in [0.4, 0.5) is 0 Å². The Hall–Kier alpha value is -3.34. The molecule has 0 aliphatic heterocycles. The van der Waals surface area contributed by atoms with E-state index in [2.05, 4.69) is 6.07 Å². The summed E-state index contributed by atoms with van der Waals surface area (Å²) < 4.78 is 10.9. The minimum absolute atomic E-state index is 0.0476. The van der Waals surface area contributed by atoms with Crippen molar-refractivity contribution in [2.24, 2.45) is 0 Å². The minimum Gasteiger partial charge on any atom is -0.496 e. The van der Waals surface area contributed by atoms with Crippen LogP contribution < -0.4 is 4.74 Å². The molecule has 0 spiro atoms. The second kappa shape index (κ2) is 9.24. The van der Waals surface area contributed by atoms with E-state index in [1.54, 1.807) is 36.5 Å². The van der Waals surface area contributed by atoms with Gasteiger partial charge in [-0.1, -0.05) is 29.8 Å². The Morgan fingerprint density at radius 1 is 1.03 bits per heavy atom. The molecule has 1 amide bonds. The third-order valence-electron chi connectivity index (χ3n) is 4.76. The van der Waals surface area contributed by atoms with Gasteiger partial charge in [0.05, 0.1) is 26.3 Å². The van der Waals surface area contributed by atoms with Crippen molar-refractivity contribution < 1.29 is 18.7 Å². The molecule has 0 unspecified atom stereocenters. The van der Waals surface area contributed by atoms with Gasteiger partial charge in [-0.3, -0.25) is 9.59 Å². The van der Waals surface area contributed by atoms with E-state index < -0.39 is 0 Å². The van der Waals surface area contributed by atoms with Crippen LogP contribution in [0.2, 0.25) is 0 Å². The maximum atomic E-state index is 13.2. The summed E-state index contributed by atoms with van der Waals surface area (Å²) in [6.07, 6.45) is 1.74. The van der Waals surface area contributed by atoms with Crippen LogP contribution in [0, 0.1) is 6.92 Å². The zero-order valence-corrected chi connectivity index (χ0v) is 17.0. The SMILES string of the molecule is COc1ccc(C(C)=O)cc1CC(=O)N(Cc1cccc(C)c1)Cc1ccco1. The Morgan fingerprint density at radius 2 is 1.86 bits per heavy atom. The van der Waals surface area contributed by atoms with Crippen LogP contribution in [0.25, 0.3) is 0 Å². The molecular formula is C24H25NO4. The van der Waals surface area contributed by atoms with Gasteiger partial charge < -0.3 is 14.1 Å². The van der Waals surface area contributed by atoms with Crippen molar-refractivity contribution in [2.75, 3.05) is 7.11 Å². The van der Waals surface area contributed by atoms with E-state index in [9.17, 15) is 9.59 Å². The monoisotopic (exact) mass is 391 g/mol. The van der Waals surface area contributed by atoms with Crippen molar-refractivity contribution in [1.29, 1.82) is 0 Å². The molecule has 2 aromatic carbocycles. The number of Topliss-reactive ketones (excluding diaryl/α,β-unsaturated/α-hetero) is 1. The number of methoxy groups -OCH3 is 1. The second-order valence-electron chi connectivity index (χ2n) is 7.08. The number of ether oxygens (including phenoxy) is 1. The molecule has 29 heavy (non-hydrogen) atoms. The van der Waals surface area contributed by atoms with Gasteiger partial charge in [-0.05, 0) is 49.7 Å². The first kappa shape index (κ1) is 20.4. The van der Waals surface area contributed by atoms with Crippen LogP contribution in [-0.2, 0) is 24.3 Å². The predicted molar refractivity (Wildman–Crippen MR) is 111 cm³/mol. The molecule has 0 aliphatic rings. The van der Waals surface area contributed by atoms with E-state index >= 15 is 0 Å². The van der Waals surface area contributed by atoms with Crippen molar-refractivity contribution in [3.63, 3.8) is 0 Å². The first-order valence-corrected chi connectivity index (χ1v) is 9.50. The summed E-state index contributed by atoms with van der Waals surface area (Å²) in [7, 11) is 1.56. The average Bonchev–Trinajstić information content (AvgIpc) is 3.20. The predicted octanol–water partition coefficient (Wildman–Crippen LogP) is 4.57. The number of carbonyl (C=O) groups is 2. The molecule has 0 bridgehead atoms. The second-order valence-corrected chi connectivity index (χ2v) is 7.08. The normalized spacial score (nSPS) is 10.6. The first-order chi connectivity index (χ1) is 14.0. The summed E-state index contributed by atoms with van der Waals surface area (Å²) >= 11 is 0. The summed E-state index contributed by atoms with van der Waals surface area (Å²) in [5.74, 6) is 1.20. The van der Waals surface area contributed by atoms with Crippen molar-refractivity contribution in [3.05, 3.63) is 88.9 Å². The van der Waals surface area contributed by atoms with Crippen LogP contribution in [-0.4, -0.2) is 23.7 Å². The highest BCUT2D eigenvalue weighted by Crippen LogP contribution is 2.23. The maximum absolute atomic E-state index is 13.2. The Bertz CT molecular complexity index is 992. The van der Waals surface area contributed by atoms with Gasteiger partial charge >= 0.3 is 0 Å². The lowest BCUT2D eigenvalue weighted by molar-refractivity contribution is -0.132. The lowest BCUT2D eigenvalue weighted by atomic mass is 10.0. The number of carbonyl (C=O) groups excluding carboxylic acids is 2. The van der Waals surface area contributed by atoms with E-state index in [0.717, 1.165) is 16.9 Å².